The minimum Gasteiger partial charge on any atom is -0.387 e. The molecule has 4 aliphatic rings. The number of carbonyl (C=O) groups excluding carboxylic acids is 1. The van der Waals surface area contributed by atoms with E-state index in [1.807, 2.05) is 20.6 Å². The summed E-state index contributed by atoms with van der Waals surface area (Å²) in [5.41, 5.74) is 8.08. The van der Waals surface area contributed by atoms with E-state index in [1.54, 1.807) is 22.7 Å². The van der Waals surface area contributed by atoms with Gasteiger partial charge in [0.15, 0.2) is 29.4 Å². The topological polar surface area (TPSA) is 128 Å². The number of Topliss-reactive ketones (excluding diaryl/α,β-unsaturated/α-hetero) is 1. The zero-order valence-corrected chi connectivity index (χ0v) is 43.6. The van der Waals surface area contributed by atoms with Gasteiger partial charge in [0.05, 0.1) is 46.6 Å². The van der Waals surface area contributed by atoms with E-state index in [9.17, 15) is 26.3 Å². The Morgan fingerprint density at radius 1 is 0.581 bits per heavy atom. The lowest BCUT2D eigenvalue weighted by Crippen LogP contribution is -2.57. The van der Waals surface area contributed by atoms with E-state index in [0.717, 1.165) is 78.3 Å². The summed E-state index contributed by atoms with van der Waals surface area (Å²) in [7, 11) is 0. The minimum atomic E-state index is -4.71. The van der Waals surface area contributed by atoms with Crippen LogP contribution in [0.4, 0.5) is 26.3 Å². The summed E-state index contributed by atoms with van der Waals surface area (Å²) >= 11 is 3.08. The van der Waals surface area contributed by atoms with Gasteiger partial charge in [-0.25, -0.2) is 9.97 Å². The molecule has 4 atom stereocenters. The average Bonchev–Trinajstić information content (AvgIpc) is 4.21. The summed E-state index contributed by atoms with van der Waals surface area (Å²) in [4.78, 5) is 41.3. The molecule has 13 nitrogen and oxygen atoms in total. The van der Waals surface area contributed by atoms with E-state index >= 15 is 4.79 Å². The lowest BCUT2D eigenvalue weighted by molar-refractivity contribution is -0.142. The highest BCUT2D eigenvalue weighted by Gasteiger charge is 2.42. The van der Waals surface area contributed by atoms with Gasteiger partial charge >= 0.3 is 12.4 Å². The molecular formula is C53H58F6N10O3S2. The number of alkyl halides is 6. The van der Waals surface area contributed by atoms with Crippen molar-refractivity contribution in [1.82, 2.24) is 39.3 Å². The van der Waals surface area contributed by atoms with Gasteiger partial charge in [-0.1, -0.05) is 69.0 Å². The molecule has 4 unspecified atom stereocenters. The summed E-state index contributed by atoms with van der Waals surface area (Å²) in [5.74, 6) is -0.233. The highest BCUT2D eigenvalue weighted by molar-refractivity contribution is 7.10. The molecule has 8 heterocycles. The van der Waals surface area contributed by atoms with Crippen molar-refractivity contribution < 1.29 is 40.8 Å². The van der Waals surface area contributed by atoms with Gasteiger partial charge in [-0.2, -0.15) is 36.5 Å². The van der Waals surface area contributed by atoms with Crippen LogP contribution in [0.1, 0.15) is 140 Å². The predicted molar refractivity (Wildman–Crippen MR) is 270 cm³/mol. The van der Waals surface area contributed by atoms with Crippen LogP contribution >= 0.6 is 22.7 Å². The molecule has 0 radical (unpaired) electrons. The van der Waals surface area contributed by atoms with Crippen molar-refractivity contribution in [3.8, 4) is 0 Å². The van der Waals surface area contributed by atoms with E-state index in [0.29, 0.717) is 64.7 Å². The van der Waals surface area contributed by atoms with Crippen molar-refractivity contribution in [2.45, 2.75) is 142 Å². The fourth-order valence-corrected chi connectivity index (χ4v) is 12.9. The number of thiazole rings is 2. The second-order valence-corrected chi connectivity index (χ2v) is 22.2. The van der Waals surface area contributed by atoms with Crippen molar-refractivity contribution in [2.24, 2.45) is 10.3 Å². The molecule has 4 aliphatic heterocycles. The van der Waals surface area contributed by atoms with Gasteiger partial charge in [-0.15, -0.1) is 22.7 Å². The number of hydrogen-bond donors (Lipinski definition) is 0. The van der Waals surface area contributed by atoms with Crippen LogP contribution in [-0.2, 0) is 39.9 Å². The zero-order chi connectivity index (χ0) is 52.2. The lowest BCUT2D eigenvalue weighted by atomic mass is 9.91. The van der Waals surface area contributed by atoms with E-state index in [-0.39, 0.29) is 54.3 Å². The number of likely N-dealkylation sites (tertiary alicyclic amines) is 2. The molecule has 21 heteroatoms. The average molecular weight is 1060 g/mol. The van der Waals surface area contributed by atoms with Gasteiger partial charge in [-0.05, 0) is 117 Å². The molecule has 0 amide bonds. The Morgan fingerprint density at radius 2 is 0.946 bits per heavy atom. The smallest absolute Gasteiger partial charge is 0.387 e. The maximum Gasteiger partial charge on any atom is 0.435 e. The van der Waals surface area contributed by atoms with Gasteiger partial charge in [0.1, 0.15) is 11.4 Å². The number of aryl methyl sites for hydroxylation is 6. The Hall–Kier alpha value is -5.77. The van der Waals surface area contributed by atoms with Gasteiger partial charge in [-0.3, -0.25) is 24.0 Å². The maximum atomic E-state index is 15.5. The molecule has 0 spiro atoms. The molecular weight excluding hydrogens is 1000 g/mol. The minimum absolute atomic E-state index is 0.0444. The summed E-state index contributed by atoms with van der Waals surface area (Å²) in [6.07, 6.45) is -6.23. The SMILES string of the molecule is Cc1cc(C)cc(C2CC(c3csc(C4CCN(C(Cn5nc(C(F)(F)F)cc5C)C(=O)C(Cn5nc(C(F)(F)F)cc5C)N5CCC(c6nc(C7=NOC(c8cc(C)cc(C)c8)C7)cs6)CC5)CC4)n3)=NO2)c1. The van der Waals surface area contributed by atoms with E-state index in [2.05, 4.69) is 84.6 Å². The van der Waals surface area contributed by atoms with Gasteiger partial charge < -0.3 is 9.68 Å². The quantitative estimate of drug-likeness (QED) is 0.0979. The summed E-state index contributed by atoms with van der Waals surface area (Å²) in [5, 5.41) is 22.5. The number of halogens is 6. The molecule has 4 aromatic heterocycles. The van der Waals surface area contributed by atoms with Crippen LogP contribution in [0.25, 0.3) is 0 Å². The first-order chi connectivity index (χ1) is 35.2. The zero-order valence-electron chi connectivity index (χ0n) is 42.0. The number of ketones is 1. The third kappa shape index (κ3) is 11.3. The molecule has 0 saturated carbocycles. The fourth-order valence-electron chi connectivity index (χ4n) is 10.9. The van der Waals surface area contributed by atoms with E-state index in [1.165, 1.54) is 23.2 Å². The lowest BCUT2D eigenvalue weighted by Gasteiger charge is -2.41. The molecule has 0 bridgehead atoms. The Morgan fingerprint density at radius 3 is 1.28 bits per heavy atom. The second kappa shape index (κ2) is 20.7. The molecule has 6 aromatic rings. The molecule has 74 heavy (non-hydrogen) atoms. The Labute approximate surface area is 433 Å². The number of oxime groups is 2. The first kappa shape index (κ1) is 51.7. The van der Waals surface area contributed by atoms with Crippen molar-refractivity contribution >= 4 is 39.9 Å². The highest BCUT2D eigenvalue weighted by Crippen LogP contribution is 2.39. The number of benzene rings is 2. The predicted octanol–water partition coefficient (Wildman–Crippen LogP) is 11.4. The van der Waals surface area contributed by atoms with Crippen LogP contribution in [0, 0.1) is 41.5 Å². The van der Waals surface area contributed by atoms with Crippen molar-refractivity contribution in [2.75, 3.05) is 26.2 Å². The maximum absolute atomic E-state index is 15.5. The third-order valence-electron chi connectivity index (χ3n) is 14.7. The number of nitrogens with zero attached hydrogens (tertiary/aromatic N) is 10. The molecule has 2 aromatic carbocycles. The summed E-state index contributed by atoms with van der Waals surface area (Å²) < 4.78 is 86.8. The molecule has 0 aliphatic carbocycles. The number of hydrogen-bond acceptors (Lipinski definition) is 13. The molecule has 0 N–H and O–H groups in total. The van der Waals surface area contributed by atoms with Crippen LogP contribution in [0.5, 0.6) is 0 Å². The van der Waals surface area contributed by atoms with Crippen LogP contribution < -0.4 is 0 Å². The van der Waals surface area contributed by atoms with Crippen molar-refractivity contribution in [3.05, 3.63) is 137 Å². The molecule has 2 saturated heterocycles. The number of rotatable bonds is 14. The summed E-state index contributed by atoms with van der Waals surface area (Å²) in [6, 6.07) is 12.6. The summed E-state index contributed by atoms with van der Waals surface area (Å²) in [6.45, 7) is 12.6. The van der Waals surface area contributed by atoms with Crippen molar-refractivity contribution in [3.63, 3.8) is 0 Å². The Kier molecular flexibility index (Phi) is 14.5. The molecule has 2 fully saturated rings. The number of aromatic nitrogens is 6. The van der Waals surface area contributed by atoms with Gasteiger partial charge in [0.2, 0.25) is 0 Å². The van der Waals surface area contributed by atoms with Crippen LogP contribution in [0.3, 0.4) is 0 Å². The fraction of sp³-hybridized carbons (Fsp3) is 0.491. The van der Waals surface area contributed by atoms with Crippen LogP contribution in [0.2, 0.25) is 0 Å². The molecule has 392 valence electrons. The highest BCUT2D eigenvalue weighted by atomic mass is 32.1. The van der Waals surface area contributed by atoms with Gasteiger partial charge in [0.25, 0.3) is 0 Å². The monoisotopic (exact) mass is 1060 g/mol. The first-order valence-corrected chi connectivity index (χ1v) is 26.8. The Balaban J connectivity index is 0.870. The van der Waals surface area contributed by atoms with E-state index < -0.39 is 35.8 Å². The first-order valence-electron chi connectivity index (χ1n) is 25.0. The molecule has 10 rings (SSSR count). The number of carbonyl (C=O) groups is 1. The van der Waals surface area contributed by atoms with Crippen LogP contribution in [0.15, 0.2) is 69.6 Å². The van der Waals surface area contributed by atoms with Crippen LogP contribution in [-0.4, -0.2) is 94.8 Å². The second-order valence-electron chi connectivity index (χ2n) is 20.4. The Bertz CT molecular complexity index is 2840. The van der Waals surface area contributed by atoms with Crippen molar-refractivity contribution in [1.29, 1.82) is 0 Å². The normalized spacial score (nSPS) is 20.4. The van der Waals surface area contributed by atoms with Gasteiger partial charge in [0, 0.05) is 46.8 Å². The largest absolute Gasteiger partial charge is 0.435 e. The standard InChI is InChI=1S/C53H58F6N10O3S2/c1-29-15-30(2)18-37(17-29)45-23-39(64-71-45)41-27-73-50(60-41)35-7-11-66(12-8-35)43(25-68-33(5)21-47(62-68)52(54,55)56)49(70)44(26-69-34(6)22-48(63-69)53(57,58)59)67-13-9-36(10-14-67)51-61-42(28-74-51)40-24-46(72-65-40)38-19-31(3)16-32(4)20-38/h15-22,27-28,35-36,43-46H,7-14,23-26H2,1-6H3. The van der Waals surface area contributed by atoms with E-state index in [4.69, 9.17) is 19.6 Å². The number of piperidine rings is 2. The third-order valence-corrected chi connectivity index (χ3v) is 16.8.